The van der Waals surface area contributed by atoms with Crippen LogP contribution in [-0.2, 0) is 0 Å². The summed E-state index contributed by atoms with van der Waals surface area (Å²) in [5.41, 5.74) is 0. The zero-order valence-corrected chi connectivity index (χ0v) is 3.87. The summed E-state index contributed by atoms with van der Waals surface area (Å²) in [6.45, 7) is 1.61. The average molecular weight is 91.1 g/mol. The van der Waals surface area contributed by atoms with Gasteiger partial charge >= 0.3 is 0 Å². The van der Waals surface area contributed by atoms with Crippen molar-refractivity contribution < 1.29 is 0 Å². The minimum Gasteiger partial charge on any atom is -0.262 e. The maximum absolute atomic E-state index is 8.19. The molecule has 0 aliphatic carbocycles. The van der Waals surface area contributed by atoms with Gasteiger partial charge in [-0.1, -0.05) is 0 Å². The zero-order valence-electron chi connectivity index (χ0n) is 2.97. The highest BCUT2D eigenvalue weighted by atomic mass is 31.1. The number of nitrogens with one attached hydrogen (secondary N) is 1. The van der Waals surface area contributed by atoms with E-state index < -0.39 is 7.71 Å². The van der Waals surface area contributed by atoms with Gasteiger partial charge in [-0.3, -0.25) is 5.84 Å². The molecule has 0 aromatic heterocycles. The molecule has 0 bridgehead atoms. The molecule has 30 valence electrons. The predicted octanol–water partition coefficient (Wildman–Crippen LogP) is -0.0442. The molecule has 0 heterocycles. The van der Waals surface area contributed by atoms with E-state index >= 15 is 0 Å². The van der Waals surface area contributed by atoms with Crippen LogP contribution in [0.5, 0.6) is 0 Å². The lowest BCUT2D eigenvalue weighted by atomic mass is 12.0. The molecular weight excluding hydrogens is 85.0 g/mol. The Morgan fingerprint density at radius 1 is 2.00 bits per heavy atom. The minimum absolute atomic E-state index is 1.07. The predicted molar refractivity (Wildman–Crippen MR) is 21.9 cm³/mol. The first kappa shape index (κ1) is 4.93. The van der Waals surface area contributed by atoms with Gasteiger partial charge in [-0.05, 0) is 0 Å². The van der Waals surface area contributed by atoms with E-state index in [4.69, 9.17) is 10.8 Å². The van der Waals surface area contributed by atoms with Gasteiger partial charge in [-0.15, -0.1) is 0 Å². The molecule has 1 unspecified atom stereocenters. The van der Waals surface area contributed by atoms with E-state index in [1.165, 1.54) is 0 Å². The van der Waals surface area contributed by atoms with E-state index in [0.29, 0.717) is 0 Å². The van der Waals surface area contributed by atoms with Crippen LogP contribution in [0.1, 0.15) is 0 Å². The van der Waals surface area contributed by atoms with Gasteiger partial charge in [0, 0.05) is 6.66 Å². The van der Waals surface area contributed by atoms with Gasteiger partial charge in [-0.2, -0.15) is 5.20 Å². The Bertz CT molecular complexity index is 68.7. The van der Waals surface area contributed by atoms with Crippen LogP contribution in [0, 0.1) is 5.00 Å². The lowest BCUT2D eigenvalue weighted by Gasteiger charge is -1.76. The normalized spacial score (nSPS) is 11.0. The van der Waals surface area contributed by atoms with Crippen LogP contribution in [0.3, 0.4) is 0 Å². The molecule has 0 fully saturated rings. The van der Waals surface area contributed by atoms with Crippen LogP contribution in [0.4, 0.5) is 0 Å². The summed E-state index contributed by atoms with van der Waals surface area (Å²) in [6.07, 6.45) is 0. The molecular formula is CH6N3P. The third kappa shape index (κ3) is 3.93. The summed E-state index contributed by atoms with van der Waals surface area (Å²) in [7, 11) is -1.07. The Kier molecular flexibility index (Phi) is 2.15. The van der Waals surface area contributed by atoms with Gasteiger partial charge in [-0.25, -0.2) is 5.00 Å². The van der Waals surface area contributed by atoms with Crippen molar-refractivity contribution in [3.05, 3.63) is 0 Å². The quantitative estimate of drug-likeness (QED) is 0.250. The van der Waals surface area contributed by atoms with Gasteiger partial charge in [0.15, 0.2) is 0 Å². The van der Waals surface area contributed by atoms with Crippen LogP contribution in [-0.4, -0.2) is 6.66 Å². The molecule has 0 aromatic carbocycles. The average Bonchev–Trinajstić information content (AvgIpc) is 1.38. The number of hydrogen-bond donors (Lipinski definition) is 2. The van der Waals surface area contributed by atoms with Crippen molar-refractivity contribution in [2.75, 3.05) is 6.66 Å². The molecule has 5 heavy (non-hydrogen) atoms. The Morgan fingerprint density at radius 2 is 2.20 bits per heavy atom. The fourth-order valence-corrected chi connectivity index (χ4v) is 0. The highest BCUT2D eigenvalue weighted by Crippen LogP contribution is 1.94. The molecule has 0 amide bonds. The molecule has 0 aromatic rings. The Hall–Kier alpha value is -0.0700. The molecule has 3 N–H and O–H groups in total. The van der Waals surface area contributed by atoms with E-state index in [9.17, 15) is 0 Å². The first-order valence-electron chi connectivity index (χ1n) is 1.16. The van der Waals surface area contributed by atoms with E-state index in [1.54, 1.807) is 6.66 Å². The van der Waals surface area contributed by atoms with Crippen LogP contribution >= 0.6 is 7.71 Å². The van der Waals surface area contributed by atoms with Gasteiger partial charge in [0.2, 0.25) is 0 Å². The summed E-state index contributed by atoms with van der Waals surface area (Å²) >= 11 is 0. The second-order valence-corrected chi connectivity index (χ2v) is 1.96. The van der Waals surface area contributed by atoms with Crippen molar-refractivity contribution in [2.45, 2.75) is 0 Å². The largest absolute Gasteiger partial charge is 0.262 e. The maximum atomic E-state index is 8.19. The summed E-state index contributed by atoms with van der Waals surface area (Å²) in [5.74, 6) is 4.70. The third-order valence-electron chi connectivity index (χ3n) is 0.187. The van der Waals surface area contributed by atoms with E-state index in [0.717, 1.165) is 0 Å². The second kappa shape index (κ2) is 2.18. The molecule has 0 radical (unpaired) electrons. The number of hydrogen-bond acceptors (Lipinski definition) is 3. The fraction of sp³-hybridized carbons (Fsp3) is 1.00. The van der Waals surface area contributed by atoms with Crippen LogP contribution in [0.25, 0.3) is 0 Å². The Balaban J connectivity index is 2.97. The molecule has 0 rings (SSSR count). The highest BCUT2D eigenvalue weighted by Gasteiger charge is 1.66. The standard InChI is InChI=1S/CH6N3P/c1-5(3)4-2/h4H,2H2,1H3. The van der Waals surface area contributed by atoms with E-state index in [1.807, 2.05) is 0 Å². The topological polar surface area (TPSA) is 61.8 Å². The van der Waals surface area contributed by atoms with Crippen LogP contribution in [0.2, 0.25) is 0 Å². The lowest BCUT2D eigenvalue weighted by molar-refractivity contribution is 1.10. The number of hydrazine groups is 1. The monoisotopic (exact) mass is 91.0 g/mol. The molecule has 3 nitrogen and oxygen atoms in total. The summed E-state index contributed by atoms with van der Waals surface area (Å²) in [4.78, 5) is 0. The van der Waals surface area contributed by atoms with Crippen molar-refractivity contribution in [3.63, 3.8) is 0 Å². The van der Waals surface area contributed by atoms with Crippen LogP contribution < -0.4 is 11.0 Å². The van der Waals surface area contributed by atoms with Crippen molar-refractivity contribution in [3.8, 4) is 0 Å². The lowest BCUT2D eigenvalue weighted by Crippen LogP contribution is -2.09. The van der Waals surface area contributed by atoms with E-state index in [-0.39, 0.29) is 0 Å². The highest BCUT2D eigenvalue weighted by molar-refractivity contribution is 7.39. The van der Waals surface area contributed by atoms with E-state index in [2.05, 4.69) is 5.20 Å². The molecule has 0 saturated carbocycles. The number of nitrogens with two attached hydrogens (primary N) is 1. The zero-order chi connectivity index (χ0) is 4.28. The summed E-state index contributed by atoms with van der Waals surface area (Å²) in [6, 6.07) is 0. The summed E-state index contributed by atoms with van der Waals surface area (Å²) < 4.78 is 0. The molecule has 4 heteroatoms. The number of nitrogens with zero attached hydrogens (tertiary/aromatic N) is 1. The Labute approximate surface area is 31.5 Å². The first-order valence-corrected chi connectivity index (χ1v) is 2.90. The smallest absolute Gasteiger partial charge is 0.126 e. The van der Waals surface area contributed by atoms with Crippen LogP contribution in [0.15, 0.2) is 0 Å². The molecule has 0 aliphatic rings. The minimum atomic E-state index is -1.07. The molecule has 1 atom stereocenters. The van der Waals surface area contributed by atoms with Gasteiger partial charge < -0.3 is 0 Å². The van der Waals surface area contributed by atoms with Crippen molar-refractivity contribution >= 4 is 7.71 Å². The van der Waals surface area contributed by atoms with Gasteiger partial charge in [0.05, 0.1) is 0 Å². The van der Waals surface area contributed by atoms with Crippen molar-refractivity contribution in [1.82, 2.24) is 5.20 Å². The van der Waals surface area contributed by atoms with Gasteiger partial charge in [0.25, 0.3) is 0 Å². The fourth-order valence-electron chi connectivity index (χ4n) is 0. The molecule has 0 saturated heterocycles. The van der Waals surface area contributed by atoms with Crippen molar-refractivity contribution in [2.24, 2.45) is 5.84 Å². The summed E-state index contributed by atoms with van der Waals surface area (Å²) in [5, 5.41) is 10.3. The molecule has 0 aliphatic heterocycles. The third-order valence-corrected chi connectivity index (χ3v) is 0.561. The first-order chi connectivity index (χ1) is 2.27. The van der Waals surface area contributed by atoms with Crippen molar-refractivity contribution in [1.29, 1.82) is 5.00 Å². The number of rotatable bonds is 0. The Morgan fingerprint density at radius 3 is 2.20 bits per heavy atom. The second-order valence-electron chi connectivity index (χ2n) is 0.653. The molecule has 0 spiro atoms. The maximum Gasteiger partial charge on any atom is 0.126 e. The van der Waals surface area contributed by atoms with Gasteiger partial charge in [0.1, 0.15) is 7.71 Å². The SMILES string of the molecule is CP(#N)NN.